The van der Waals surface area contributed by atoms with Crippen molar-refractivity contribution >= 4 is 0 Å². The lowest BCUT2D eigenvalue weighted by atomic mass is 9.83. The fourth-order valence-electron chi connectivity index (χ4n) is 1.35. The zero-order chi connectivity index (χ0) is 6.97. The Labute approximate surface area is 60.9 Å². The molecule has 1 saturated carbocycles. The lowest BCUT2D eigenvalue weighted by molar-refractivity contribution is 0.412. The van der Waals surface area contributed by atoms with Crippen molar-refractivity contribution in [2.45, 2.75) is 25.2 Å². The molecule has 1 aromatic heterocycles. The molecule has 0 aromatic carbocycles. The van der Waals surface area contributed by atoms with Gasteiger partial charge in [0.2, 0.25) is 0 Å². The van der Waals surface area contributed by atoms with Gasteiger partial charge in [-0.2, -0.15) is 0 Å². The third-order valence-corrected chi connectivity index (χ3v) is 2.25. The van der Waals surface area contributed by atoms with E-state index < -0.39 is 0 Å². The van der Waals surface area contributed by atoms with Crippen LogP contribution in [0.25, 0.3) is 0 Å². The van der Waals surface area contributed by atoms with Crippen molar-refractivity contribution in [2.24, 2.45) is 7.05 Å². The number of aromatic nitrogens is 2. The van der Waals surface area contributed by atoms with E-state index in [-0.39, 0.29) is 0 Å². The van der Waals surface area contributed by atoms with Crippen molar-refractivity contribution in [2.75, 3.05) is 0 Å². The van der Waals surface area contributed by atoms with E-state index in [2.05, 4.69) is 11.2 Å². The van der Waals surface area contributed by atoms with Gasteiger partial charge in [0.15, 0.2) is 0 Å². The van der Waals surface area contributed by atoms with Gasteiger partial charge >= 0.3 is 0 Å². The lowest BCUT2D eigenvalue weighted by Crippen LogP contribution is -2.08. The van der Waals surface area contributed by atoms with Crippen LogP contribution in [0.5, 0.6) is 0 Å². The molecule has 0 bridgehead atoms. The van der Waals surface area contributed by atoms with Crippen LogP contribution in [0.3, 0.4) is 0 Å². The summed E-state index contributed by atoms with van der Waals surface area (Å²) in [7, 11) is 2.02. The highest BCUT2D eigenvalue weighted by molar-refractivity contribution is 5.07. The molecule has 54 valence electrons. The molecule has 0 radical (unpaired) electrons. The predicted octanol–water partition coefficient (Wildman–Crippen LogP) is 1.69. The monoisotopic (exact) mass is 136 g/mol. The molecular weight excluding hydrogens is 124 g/mol. The molecule has 1 aromatic rings. The summed E-state index contributed by atoms with van der Waals surface area (Å²) < 4.78 is 2.02. The van der Waals surface area contributed by atoms with Crippen LogP contribution >= 0.6 is 0 Å². The maximum Gasteiger partial charge on any atom is 0.0946 e. The van der Waals surface area contributed by atoms with E-state index in [1.165, 1.54) is 25.0 Å². The van der Waals surface area contributed by atoms with E-state index in [9.17, 15) is 0 Å². The number of hydrogen-bond donors (Lipinski definition) is 0. The second-order valence-electron chi connectivity index (χ2n) is 3.09. The van der Waals surface area contributed by atoms with Crippen molar-refractivity contribution in [3.8, 4) is 0 Å². The molecule has 0 atom stereocenters. The van der Waals surface area contributed by atoms with Crippen LogP contribution in [-0.4, -0.2) is 9.55 Å². The Kier molecular flexibility index (Phi) is 1.26. The van der Waals surface area contributed by atoms with Gasteiger partial charge in [0.25, 0.3) is 0 Å². The molecule has 2 nitrogen and oxygen atoms in total. The number of rotatable bonds is 1. The van der Waals surface area contributed by atoms with Crippen LogP contribution in [0, 0.1) is 0 Å². The first-order chi connectivity index (χ1) is 4.86. The molecule has 0 aliphatic heterocycles. The quantitative estimate of drug-likeness (QED) is 0.574. The molecule has 0 N–H and O–H groups in total. The molecule has 0 amide bonds. The third kappa shape index (κ3) is 0.838. The fourth-order valence-corrected chi connectivity index (χ4v) is 1.35. The summed E-state index contributed by atoms with van der Waals surface area (Å²) in [4.78, 5) is 4.30. The van der Waals surface area contributed by atoms with Gasteiger partial charge in [-0.15, -0.1) is 0 Å². The molecule has 2 heteroatoms. The normalized spacial score (nSPS) is 18.9. The van der Waals surface area contributed by atoms with Crippen LogP contribution < -0.4 is 0 Å². The topological polar surface area (TPSA) is 17.8 Å². The summed E-state index contributed by atoms with van der Waals surface area (Å²) >= 11 is 0. The Morgan fingerprint density at radius 1 is 1.60 bits per heavy atom. The van der Waals surface area contributed by atoms with E-state index in [4.69, 9.17) is 0 Å². The Morgan fingerprint density at radius 3 is 2.80 bits per heavy atom. The minimum Gasteiger partial charge on any atom is -0.340 e. The van der Waals surface area contributed by atoms with E-state index in [0.29, 0.717) is 0 Å². The van der Waals surface area contributed by atoms with Gasteiger partial charge in [-0.3, -0.25) is 0 Å². The van der Waals surface area contributed by atoms with Gasteiger partial charge in [-0.05, 0) is 12.8 Å². The minimum absolute atomic E-state index is 0.779. The van der Waals surface area contributed by atoms with Crippen LogP contribution in [-0.2, 0) is 7.05 Å². The number of aryl methyl sites for hydroxylation is 1. The predicted molar refractivity (Wildman–Crippen MR) is 39.8 cm³/mol. The van der Waals surface area contributed by atoms with E-state index >= 15 is 0 Å². The van der Waals surface area contributed by atoms with Gasteiger partial charge in [0, 0.05) is 19.2 Å². The molecule has 0 unspecified atom stereocenters. The lowest BCUT2D eigenvalue weighted by Gasteiger charge is -2.22. The minimum atomic E-state index is 0.779. The largest absolute Gasteiger partial charge is 0.340 e. The molecule has 1 fully saturated rings. The molecule has 0 spiro atoms. The smallest absolute Gasteiger partial charge is 0.0946 e. The summed E-state index contributed by atoms with van der Waals surface area (Å²) in [5.74, 6) is 0.779. The fraction of sp³-hybridized carbons (Fsp3) is 0.625. The Morgan fingerprint density at radius 2 is 2.40 bits per heavy atom. The van der Waals surface area contributed by atoms with Crippen LogP contribution in [0.1, 0.15) is 30.9 Å². The Bertz CT molecular complexity index is 223. The summed E-state index contributed by atoms with van der Waals surface area (Å²) in [6.07, 6.45) is 8.09. The van der Waals surface area contributed by atoms with Crippen molar-refractivity contribution in [1.82, 2.24) is 9.55 Å². The standard InChI is InChI=1S/C8H12N2/c1-10-5-8(9-6-10)7-3-2-4-7/h5-7H,2-4H2,1H3. The summed E-state index contributed by atoms with van der Waals surface area (Å²) in [5.41, 5.74) is 1.29. The Balaban J connectivity index is 2.17. The number of imidazole rings is 1. The Hall–Kier alpha value is -0.790. The first-order valence-electron chi connectivity index (χ1n) is 3.84. The third-order valence-electron chi connectivity index (χ3n) is 2.25. The zero-order valence-electron chi connectivity index (χ0n) is 6.25. The average Bonchev–Trinajstić information content (AvgIpc) is 2.10. The molecule has 2 rings (SSSR count). The van der Waals surface area contributed by atoms with Crippen molar-refractivity contribution in [3.63, 3.8) is 0 Å². The van der Waals surface area contributed by atoms with Gasteiger partial charge in [0.05, 0.1) is 12.0 Å². The average molecular weight is 136 g/mol. The SMILES string of the molecule is Cn1cnc(C2CCC2)c1. The molecule has 10 heavy (non-hydrogen) atoms. The van der Waals surface area contributed by atoms with Gasteiger partial charge in [-0.25, -0.2) is 4.98 Å². The van der Waals surface area contributed by atoms with E-state index in [0.717, 1.165) is 5.92 Å². The maximum absolute atomic E-state index is 4.30. The highest BCUT2D eigenvalue weighted by atomic mass is 15.0. The first-order valence-corrected chi connectivity index (χ1v) is 3.84. The number of hydrogen-bond acceptors (Lipinski definition) is 1. The van der Waals surface area contributed by atoms with E-state index in [1.807, 2.05) is 17.9 Å². The van der Waals surface area contributed by atoms with Crippen LogP contribution in [0.15, 0.2) is 12.5 Å². The van der Waals surface area contributed by atoms with Crippen LogP contribution in [0.4, 0.5) is 0 Å². The van der Waals surface area contributed by atoms with Gasteiger partial charge in [0.1, 0.15) is 0 Å². The van der Waals surface area contributed by atoms with Gasteiger partial charge < -0.3 is 4.57 Å². The highest BCUT2D eigenvalue weighted by Gasteiger charge is 2.20. The first kappa shape index (κ1) is 5.96. The van der Waals surface area contributed by atoms with Crippen molar-refractivity contribution in [3.05, 3.63) is 18.2 Å². The van der Waals surface area contributed by atoms with Crippen LogP contribution in [0.2, 0.25) is 0 Å². The summed E-state index contributed by atoms with van der Waals surface area (Å²) in [6, 6.07) is 0. The zero-order valence-corrected chi connectivity index (χ0v) is 6.25. The van der Waals surface area contributed by atoms with Crippen molar-refractivity contribution in [1.29, 1.82) is 0 Å². The molecule has 1 aliphatic rings. The highest BCUT2D eigenvalue weighted by Crippen LogP contribution is 2.34. The molecule has 1 heterocycles. The molecular formula is C8H12N2. The maximum atomic E-state index is 4.30. The summed E-state index contributed by atoms with van der Waals surface area (Å²) in [5, 5.41) is 0. The molecule has 1 aliphatic carbocycles. The summed E-state index contributed by atoms with van der Waals surface area (Å²) in [6.45, 7) is 0. The van der Waals surface area contributed by atoms with Gasteiger partial charge in [-0.1, -0.05) is 6.42 Å². The number of nitrogens with zero attached hydrogens (tertiary/aromatic N) is 2. The molecule has 0 saturated heterocycles. The van der Waals surface area contributed by atoms with E-state index in [1.54, 1.807) is 0 Å². The van der Waals surface area contributed by atoms with Crippen molar-refractivity contribution < 1.29 is 0 Å². The second kappa shape index (κ2) is 2.11. The second-order valence-corrected chi connectivity index (χ2v) is 3.09.